The van der Waals surface area contributed by atoms with Crippen molar-refractivity contribution >= 4 is 0 Å². The van der Waals surface area contributed by atoms with Crippen molar-refractivity contribution in [3.05, 3.63) is 35.9 Å². The molecule has 0 saturated heterocycles. The molecule has 1 N–H and O–H groups in total. The van der Waals surface area contributed by atoms with Crippen molar-refractivity contribution in [1.29, 1.82) is 0 Å². The molecule has 0 bridgehead atoms. The quantitative estimate of drug-likeness (QED) is 0.622. The van der Waals surface area contributed by atoms with Gasteiger partial charge in [0.15, 0.2) is 0 Å². The summed E-state index contributed by atoms with van der Waals surface area (Å²) in [5.74, 6) is 5.45. The molecular weight excluding hydrogens is 148 g/mol. The second kappa shape index (κ2) is 3.42. The topological polar surface area (TPSA) is 20.2 Å². The molecule has 0 spiro atoms. The predicted molar refractivity (Wildman–Crippen MR) is 49.5 cm³/mol. The van der Waals surface area contributed by atoms with Gasteiger partial charge >= 0.3 is 0 Å². The Labute approximate surface area is 73.0 Å². The van der Waals surface area contributed by atoms with Crippen molar-refractivity contribution in [3.63, 3.8) is 0 Å². The molecule has 1 heteroatoms. The largest absolute Gasteiger partial charge is 0.374 e. The van der Waals surface area contributed by atoms with Crippen LogP contribution in [0.15, 0.2) is 30.3 Å². The number of benzene rings is 1. The number of hydrogen-bond donors (Lipinski definition) is 1. The average Bonchev–Trinajstić information content (AvgIpc) is 2.06. The Bertz CT molecular complexity index is 301. The van der Waals surface area contributed by atoms with E-state index in [-0.39, 0.29) is 0 Å². The molecule has 0 unspecified atom stereocenters. The average molecular weight is 160 g/mol. The third-order valence-electron chi connectivity index (χ3n) is 1.70. The minimum atomic E-state index is -1.02. The summed E-state index contributed by atoms with van der Waals surface area (Å²) in [6, 6.07) is 9.43. The van der Waals surface area contributed by atoms with Gasteiger partial charge in [-0.15, -0.1) is 5.92 Å². The molecule has 0 aromatic heterocycles. The van der Waals surface area contributed by atoms with E-state index < -0.39 is 5.60 Å². The molecule has 0 aliphatic carbocycles. The highest BCUT2D eigenvalue weighted by atomic mass is 16.3. The highest BCUT2D eigenvalue weighted by Gasteiger charge is 2.18. The van der Waals surface area contributed by atoms with Crippen molar-refractivity contribution in [2.75, 3.05) is 0 Å². The highest BCUT2D eigenvalue weighted by Crippen LogP contribution is 2.18. The van der Waals surface area contributed by atoms with Crippen LogP contribution in [0.1, 0.15) is 19.4 Å². The Morgan fingerprint density at radius 1 is 1.25 bits per heavy atom. The molecule has 0 amide bonds. The lowest BCUT2D eigenvalue weighted by molar-refractivity contribution is 0.122. The van der Waals surface area contributed by atoms with E-state index >= 15 is 0 Å². The van der Waals surface area contributed by atoms with Gasteiger partial charge in [-0.3, -0.25) is 0 Å². The van der Waals surface area contributed by atoms with Crippen LogP contribution < -0.4 is 0 Å². The first kappa shape index (κ1) is 8.83. The summed E-state index contributed by atoms with van der Waals surface area (Å²) in [7, 11) is 0. The summed E-state index contributed by atoms with van der Waals surface area (Å²) >= 11 is 0. The van der Waals surface area contributed by atoms with E-state index in [9.17, 15) is 5.11 Å². The molecule has 62 valence electrons. The van der Waals surface area contributed by atoms with Crippen LogP contribution in [0.2, 0.25) is 0 Å². The van der Waals surface area contributed by atoms with E-state index in [4.69, 9.17) is 0 Å². The summed E-state index contributed by atoms with van der Waals surface area (Å²) in [6.07, 6.45) is 0. The zero-order chi connectivity index (χ0) is 9.03. The van der Waals surface area contributed by atoms with Crippen LogP contribution in [0.5, 0.6) is 0 Å². The molecule has 1 atom stereocenters. The van der Waals surface area contributed by atoms with Crippen molar-refractivity contribution < 1.29 is 5.11 Å². The van der Waals surface area contributed by atoms with Crippen LogP contribution in [-0.4, -0.2) is 5.11 Å². The molecule has 0 fully saturated rings. The molecule has 0 aliphatic rings. The van der Waals surface area contributed by atoms with Crippen LogP contribution in [0.3, 0.4) is 0 Å². The second-order valence-corrected chi connectivity index (χ2v) is 2.81. The van der Waals surface area contributed by atoms with E-state index in [1.165, 1.54) is 0 Å². The molecule has 1 aromatic rings. The molecule has 0 saturated carbocycles. The van der Waals surface area contributed by atoms with Gasteiger partial charge in [0.25, 0.3) is 0 Å². The Hall–Kier alpha value is -1.26. The summed E-state index contributed by atoms with van der Waals surface area (Å²) < 4.78 is 0. The summed E-state index contributed by atoms with van der Waals surface area (Å²) in [6.45, 7) is 3.41. The Kier molecular flexibility index (Phi) is 2.52. The van der Waals surface area contributed by atoms with E-state index in [1.54, 1.807) is 13.8 Å². The normalized spacial score (nSPS) is 14.2. The number of rotatable bonds is 1. The minimum Gasteiger partial charge on any atom is -0.374 e. The standard InChI is InChI=1S/C11H12O/c1-3-9-11(2,12)10-7-5-4-6-8-10/h4-8,12H,1-2H3/t11-/m1/s1. The zero-order valence-electron chi connectivity index (χ0n) is 7.33. The van der Waals surface area contributed by atoms with Gasteiger partial charge < -0.3 is 5.11 Å². The Balaban J connectivity index is 3.03. The lowest BCUT2D eigenvalue weighted by Gasteiger charge is -2.16. The van der Waals surface area contributed by atoms with Crippen molar-refractivity contribution in [2.45, 2.75) is 19.4 Å². The van der Waals surface area contributed by atoms with Crippen molar-refractivity contribution in [1.82, 2.24) is 0 Å². The van der Waals surface area contributed by atoms with Gasteiger partial charge in [-0.25, -0.2) is 0 Å². The fourth-order valence-electron chi connectivity index (χ4n) is 1.08. The first-order chi connectivity index (χ1) is 5.67. The number of hydrogen-bond acceptors (Lipinski definition) is 1. The van der Waals surface area contributed by atoms with Gasteiger partial charge in [-0.1, -0.05) is 36.3 Å². The molecule has 0 radical (unpaired) electrons. The van der Waals surface area contributed by atoms with Crippen LogP contribution in [0.25, 0.3) is 0 Å². The smallest absolute Gasteiger partial charge is 0.148 e. The summed E-state index contributed by atoms with van der Waals surface area (Å²) in [4.78, 5) is 0. The third-order valence-corrected chi connectivity index (χ3v) is 1.70. The maximum absolute atomic E-state index is 9.81. The van der Waals surface area contributed by atoms with E-state index in [0.29, 0.717) is 0 Å². The van der Waals surface area contributed by atoms with Gasteiger partial charge in [0.2, 0.25) is 0 Å². The lowest BCUT2D eigenvalue weighted by atomic mass is 9.97. The van der Waals surface area contributed by atoms with Gasteiger partial charge in [0, 0.05) is 0 Å². The van der Waals surface area contributed by atoms with Crippen LogP contribution in [-0.2, 0) is 5.60 Å². The molecule has 1 nitrogen and oxygen atoms in total. The maximum Gasteiger partial charge on any atom is 0.148 e. The summed E-state index contributed by atoms with van der Waals surface area (Å²) in [5, 5.41) is 9.81. The van der Waals surface area contributed by atoms with Crippen molar-refractivity contribution in [2.24, 2.45) is 0 Å². The fraction of sp³-hybridized carbons (Fsp3) is 0.273. The lowest BCUT2D eigenvalue weighted by Crippen LogP contribution is -2.17. The van der Waals surface area contributed by atoms with E-state index in [1.807, 2.05) is 30.3 Å². The van der Waals surface area contributed by atoms with Crippen LogP contribution in [0.4, 0.5) is 0 Å². The predicted octanol–water partition coefficient (Wildman–Crippen LogP) is 1.92. The third kappa shape index (κ3) is 1.87. The first-order valence-electron chi connectivity index (χ1n) is 3.88. The van der Waals surface area contributed by atoms with Crippen LogP contribution >= 0.6 is 0 Å². The molecular formula is C11H12O. The van der Waals surface area contributed by atoms with Gasteiger partial charge in [-0.2, -0.15) is 0 Å². The van der Waals surface area contributed by atoms with E-state index in [2.05, 4.69) is 11.8 Å². The zero-order valence-corrected chi connectivity index (χ0v) is 7.33. The molecule has 0 aliphatic heterocycles. The second-order valence-electron chi connectivity index (χ2n) is 2.81. The van der Waals surface area contributed by atoms with E-state index in [0.717, 1.165) is 5.56 Å². The summed E-state index contributed by atoms with van der Waals surface area (Å²) in [5.41, 5.74) is -0.185. The molecule has 1 rings (SSSR count). The number of aliphatic hydroxyl groups is 1. The SMILES string of the molecule is CC#C[C@@](C)(O)c1ccccc1. The fourth-order valence-corrected chi connectivity index (χ4v) is 1.08. The molecule has 1 aromatic carbocycles. The highest BCUT2D eigenvalue weighted by molar-refractivity contribution is 5.29. The van der Waals surface area contributed by atoms with Gasteiger partial charge in [-0.05, 0) is 19.4 Å². The molecule has 12 heavy (non-hydrogen) atoms. The Morgan fingerprint density at radius 2 is 1.83 bits per heavy atom. The Morgan fingerprint density at radius 3 is 2.33 bits per heavy atom. The van der Waals surface area contributed by atoms with Crippen molar-refractivity contribution in [3.8, 4) is 11.8 Å². The first-order valence-corrected chi connectivity index (χ1v) is 3.88. The van der Waals surface area contributed by atoms with Gasteiger partial charge in [0.05, 0.1) is 0 Å². The maximum atomic E-state index is 9.81. The van der Waals surface area contributed by atoms with Crippen LogP contribution in [0, 0.1) is 11.8 Å². The molecule has 0 heterocycles. The monoisotopic (exact) mass is 160 g/mol. The van der Waals surface area contributed by atoms with Gasteiger partial charge in [0.1, 0.15) is 5.60 Å². The minimum absolute atomic E-state index is 0.833.